The molecule has 0 aliphatic rings. The SMILES string of the molecule is CC(C)(C)C(=O)COCCOCCCC(=O)COCCOCCNC(=O)CCC(CC(=O)CCCCCCCCCCCCCCCCC(=O)O)C(=O)O. The average Bonchev–Trinajstić information content (AvgIpc) is 3.11. The first-order chi connectivity index (χ1) is 25.8. The van der Waals surface area contributed by atoms with Crippen LogP contribution in [0.15, 0.2) is 0 Å². The molecule has 1 amide bonds. The molecule has 3 N–H and O–H groups in total. The van der Waals surface area contributed by atoms with Gasteiger partial charge in [0.25, 0.3) is 0 Å². The Balaban J connectivity index is 3.67. The summed E-state index contributed by atoms with van der Waals surface area (Å²) >= 11 is 0. The zero-order valence-corrected chi connectivity index (χ0v) is 33.8. The minimum Gasteiger partial charge on any atom is -0.481 e. The maximum absolute atomic E-state index is 12.4. The number of carboxylic acid groups (broad SMARTS) is 2. The number of ether oxygens (including phenoxy) is 4. The van der Waals surface area contributed by atoms with Gasteiger partial charge in [0.2, 0.25) is 5.91 Å². The summed E-state index contributed by atoms with van der Waals surface area (Å²) in [6, 6.07) is 0. The van der Waals surface area contributed by atoms with Crippen molar-refractivity contribution in [2.75, 3.05) is 59.4 Å². The largest absolute Gasteiger partial charge is 0.481 e. The van der Waals surface area contributed by atoms with Crippen molar-refractivity contribution in [1.29, 1.82) is 0 Å². The van der Waals surface area contributed by atoms with Crippen molar-refractivity contribution in [2.24, 2.45) is 11.3 Å². The number of nitrogens with one attached hydrogen (secondary N) is 1. The van der Waals surface area contributed by atoms with Gasteiger partial charge < -0.3 is 34.5 Å². The zero-order chi connectivity index (χ0) is 40.3. The van der Waals surface area contributed by atoms with Crippen LogP contribution in [0.2, 0.25) is 0 Å². The highest BCUT2D eigenvalue weighted by Gasteiger charge is 2.22. The molecule has 1 atom stereocenters. The van der Waals surface area contributed by atoms with E-state index in [0.717, 1.165) is 44.9 Å². The molecule has 314 valence electrons. The third-order valence-corrected chi connectivity index (χ3v) is 9.03. The number of hydrogen-bond donors (Lipinski definition) is 3. The number of amides is 1. The molecule has 0 radical (unpaired) electrons. The molecule has 0 bridgehead atoms. The second-order valence-electron chi connectivity index (χ2n) is 15.2. The Morgan fingerprint density at radius 2 is 0.981 bits per heavy atom. The van der Waals surface area contributed by atoms with Gasteiger partial charge in [-0.05, 0) is 25.7 Å². The van der Waals surface area contributed by atoms with Gasteiger partial charge in [-0.3, -0.25) is 28.8 Å². The van der Waals surface area contributed by atoms with Gasteiger partial charge in [-0.2, -0.15) is 0 Å². The predicted octanol–water partition coefficient (Wildman–Crippen LogP) is 6.90. The maximum Gasteiger partial charge on any atom is 0.306 e. The van der Waals surface area contributed by atoms with Gasteiger partial charge in [-0.1, -0.05) is 97.8 Å². The lowest BCUT2D eigenvalue weighted by Gasteiger charge is -2.16. The molecule has 13 nitrogen and oxygen atoms in total. The van der Waals surface area contributed by atoms with Crippen molar-refractivity contribution < 1.29 is 57.9 Å². The summed E-state index contributed by atoms with van der Waals surface area (Å²) in [5.41, 5.74) is -0.423. The lowest BCUT2D eigenvalue weighted by atomic mass is 9.91. The number of unbranched alkanes of at least 4 members (excludes halogenated alkanes) is 13. The van der Waals surface area contributed by atoms with Gasteiger partial charge >= 0.3 is 11.9 Å². The molecule has 0 saturated carbocycles. The summed E-state index contributed by atoms with van der Waals surface area (Å²) in [5, 5.41) is 20.9. The normalized spacial score (nSPS) is 12.1. The van der Waals surface area contributed by atoms with Gasteiger partial charge in [-0.25, -0.2) is 0 Å². The molecular weight excluding hydrogens is 698 g/mol. The van der Waals surface area contributed by atoms with E-state index in [9.17, 15) is 33.9 Å². The van der Waals surface area contributed by atoms with E-state index >= 15 is 0 Å². The Bertz CT molecular complexity index is 1030. The molecule has 0 aromatic heterocycles. The average molecular weight is 772 g/mol. The van der Waals surface area contributed by atoms with Crippen LogP contribution in [0.3, 0.4) is 0 Å². The van der Waals surface area contributed by atoms with Gasteiger partial charge in [-0.15, -0.1) is 0 Å². The fraction of sp³-hybridized carbons (Fsp3) is 0.854. The predicted molar refractivity (Wildman–Crippen MR) is 206 cm³/mol. The summed E-state index contributed by atoms with van der Waals surface area (Å²) < 4.78 is 21.5. The smallest absolute Gasteiger partial charge is 0.306 e. The first-order valence-electron chi connectivity index (χ1n) is 20.4. The van der Waals surface area contributed by atoms with Gasteiger partial charge in [0.1, 0.15) is 19.0 Å². The van der Waals surface area contributed by atoms with Crippen molar-refractivity contribution in [2.45, 2.75) is 156 Å². The highest BCUT2D eigenvalue weighted by atomic mass is 16.5. The van der Waals surface area contributed by atoms with E-state index in [1.54, 1.807) is 0 Å². The molecule has 0 spiro atoms. The van der Waals surface area contributed by atoms with Crippen molar-refractivity contribution in [3.63, 3.8) is 0 Å². The van der Waals surface area contributed by atoms with Crippen LogP contribution in [0.25, 0.3) is 0 Å². The van der Waals surface area contributed by atoms with Gasteiger partial charge in [0.15, 0.2) is 11.6 Å². The van der Waals surface area contributed by atoms with Crippen LogP contribution in [0.5, 0.6) is 0 Å². The number of rotatable bonds is 40. The van der Waals surface area contributed by atoms with Crippen molar-refractivity contribution in [1.82, 2.24) is 5.32 Å². The first kappa shape index (κ1) is 51.3. The molecule has 0 rings (SSSR count). The Morgan fingerprint density at radius 3 is 1.50 bits per heavy atom. The van der Waals surface area contributed by atoms with E-state index in [4.69, 9.17) is 24.1 Å². The Labute approximate surface area is 324 Å². The molecule has 0 heterocycles. The minimum atomic E-state index is -1.06. The summed E-state index contributed by atoms with van der Waals surface area (Å²) in [5.74, 6) is -3.02. The topological polar surface area (TPSA) is 192 Å². The molecule has 13 heteroatoms. The molecular formula is C41H73NO12. The van der Waals surface area contributed by atoms with Crippen LogP contribution in [-0.2, 0) is 47.7 Å². The fourth-order valence-corrected chi connectivity index (χ4v) is 5.52. The second kappa shape index (κ2) is 34.7. The number of Topliss-reactive ketones (excluding diaryl/α,β-unsaturated/α-hetero) is 3. The third-order valence-electron chi connectivity index (χ3n) is 9.03. The van der Waals surface area contributed by atoms with Crippen LogP contribution in [0, 0.1) is 11.3 Å². The van der Waals surface area contributed by atoms with Crippen LogP contribution < -0.4 is 5.32 Å². The monoisotopic (exact) mass is 772 g/mol. The highest BCUT2D eigenvalue weighted by Crippen LogP contribution is 2.17. The van der Waals surface area contributed by atoms with E-state index in [2.05, 4.69) is 5.32 Å². The molecule has 0 aromatic carbocycles. The highest BCUT2D eigenvalue weighted by molar-refractivity contribution is 5.85. The van der Waals surface area contributed by atoms with Crippen molar-refractivity contribution >= 4 is 35.2 Å². The first-order valence-corrected chi connectivity index (χ1v) is 20.4. The zero-order valence-electron chi connectivity index (χ0n) is 33.8. The molecule has 0 saturated heterocycles. The fourth-order valence-electron chi connectivity index (χ4n) is 5.52. The van der Waals surface area contributed by atoms with Gasteiger partial charge in [0, 0.05) is 50.7 Å². The molecule has 0 aliphatic heterocycles. The van der Waals surface area contributed by atoms with Crippen LogP contribution >= 0.6 is 0 Å². The van der Waals surface area contributed by atoms with Crippen LogP contribution in [-0.4, -0.2) is 105 Å². The van der Waals surface area contributed by atoms with Crippen LogP contribution in [0.4, 0.5) is 0 Å². The lowest BCUT2D eigenvalue weighted by Crippen LogP contribution is -2.29. The molecule has 54 heavy (non-hydrogen) atoms. The number of carbonyl (C=O) groups is 6. The second-order valence-corrected chi connectivity index (χ2v) is 15.2. The van der Waals surface area contributed by atoms with E-state index < -0.39 is 23.3 Å². The van der Waals surface area contributed by atoms with E-state index in [0.29, 0.717) is 39.1 Å². The molecule has 0 aromatic rings. The minimum absolute atomic E-state index is 0.0152. The molecule has 0 aliphatic carbocycles. The number of carboxylic acids is 2. The Kier molecular flexibility index (Phi) is 33.0. The molecule has 0 fully saturated rings. The Morgan fingerprint density at radius 1 is 0.519 bits per heavy atom. The number of ketones is 3. The standard InChI is InChI=1S/C41H73NO12/c1-41(2,3)37(45)33-54-30-27-51-25-18-20-36(44)32-53-29-28-52-26-24-42-38(46)23-22-34(40(49)50)31-35(43)19-16-14-12-10-8-6-4-5-7-9-11-13-15-17-21-39(47)48/h34H,4-33H2,1-3H3,(H,42,46)(H,47,48)(H,49,50). The van der Waals surface area contributed by atoms with E-state index in [-0.39, 0.29) is 88.5 Å². The Hall–Kier alpha value is -2.74. The number of aliphatic carboxylic acids is 2. The van der Waals surface area contributed by atoms with E-state index in [1.807, 2.05) is 20.8 Å². The summed E-state index contributed by atoms with van der Waals surface area (Å²) in [6.45, 7) is 7.67. The summed E-state index contributed by atoms with van der Waals surface area (Å²) in [7, 11) is 0. The maximum atomic E-state index is 12.4. The van der Waals surface area contributed by atoms with Gasteiger partial charge in [0.05, 0.1) is 39.0 Å². The molecule has 1 unspecified atom stereocenters. The summed E-state index contributed by atoms with van der Waals surface area (Å²) in [6.07, 6.45) is 17.0. The van der Waals surface area contributed by atoms with Crippen molar-refractivity contribution in [3.8, 4) is 0 Å². The lowest BCUT2D eigenvalue weighted by molar-refractivity contribution is -0.144. The number of hydrogen-bond acceptors (Lipinski definition) is 10. The third kappa shape index (κ3) is 35.0. The van der Waals surface area contributed by atoms with E-state index in [1.165, 1.54) is 44.9 Å². The summed E-state index contributed by atoms with van der Waals surface area (Å²) in [4.78, 5) is 70.5. The van der Waals surface area contributed by atoms with Crippen LogP contribution in [0.1, 0.15) is 156 Å². The number of carbonyl (C=O) groups excluding carboxylic acids is 4. The van der Waals surface area contributed by atoms with Crippen molar-refractivity contribution in [3.05, 3.63) is 0 Å². The quantitative estimate of drug-likeness (QED) is 0.0547.